The number of rotatable bonds is 5. The van der Waals surface area contributed by atoms with E-state index in [-0.39, 0.29) is 24.6 Å². The molecule has 1 heterocycles. The third-order valence-corrected chi connectivity index (χ3v) is 4.13. The first kappa shape index (κ1) is 17.9. The third-order valence-electron chi connectivity index (χ3n) is 4.13. The Morgan fingerprint density at radius 2 is 1.88 bits per heavy atom. The van der Waals surface area contributed by atoms with E-state index in [1.807, 2.05) is 0 Å². The second-order valence-corrected chi connectivity index (χ2v) is 5.69. The van der Waals surface area contributed by atoms with Crippen molar-refractivity contribution in [3.8, 4) is 5.75 Å². The number of ketones is 1. The lowest BCUT2D eigenvalue weighted by atomic mass is 9.73. The third kappa shape index (κ3) is 3.39. The highest BCUT2D eigenvalue weighted by atomic mass is 19.1. The normalized spacial score (nSPS) is 19.2. The van der Waals surface area contributed by atoms with Crippen molar-refractivity contribution in [3.05, 3.63) is 29.6 Å². The maximum Gasteiger partial charge on any atom is 0.320 e. The summed E-state index contributed by atoms with van der Waals surface area (Å²) < 4.78 is 28.9. The minimum absolute atomic E-state index is 0.0138. The molecular weight excluding hydrogens is 319 g/mol. The SMILES string of the molecule is COC(=O)C(C(=O)OC)C1c2cccc(F)c2OCC1CC(C)=O. The van der Waals surface area contributed by atoms with Gasteiger partial charge in [0, 0.05) is 23.8 Å². The molecule has 24 heavy (non-hydrogen) atoms. The van der Waals surface area contributed by atoms with Crippen LogP contribution in [0.2, 0.25) is 0 Å². The number of halogens is 1. The monoisotopic (exact) mass is 338 g/mol. The van der Waals surface area contributed by atoms with E-state index in [4.69, 9.17) is 14.2 Å². The number of hydrogen-bond acceptors (Lipinski definition) is 6. The number of ether oxygens (including phenoxy) is 3. The molecule has 2 rings (SSSR count). The van der Waals surface area contributed by atoms with Crippen LogP contribution in [0.1, 0.15) is 24.8 Å². The Balaban J connectivity index is 2.57. The molecule has 0 saturated heterocycles. The van der Waals surface area contributed by atoms with Gasteiger partial charge in [0.05, 0.1) is 20.8 Å². The molecule has 2 atom stereocenters. The Bertz CT molecular complexity index is 640. The fraction of sp³-hybridized carbons (Fsp3) is 0.471. The highest BCUT2D eigenvalue weighted by Crippen LogP contribution is 2.44. The Hall–Kier alpha value is -2.44. The zero-order valence-corrected chi connectivity index (χ0v) is 13.7. The first-order valence-corrected chi connectivity index (χ1v) is 7.47. The molecule has 1 aromatic rings. The molecule has 6 nitrogen and oxygen atoms in total. The predicted molar refractivity (Wildman–Crippen MR) is 80.9 cm³/mol. The lowest BCUT2D eigenvalue weighted by Crippen LogP contribution is -2.40. The first-order chi connectivity index (χ1) is 11.4. The lowest BCUT2D eigenvalue weighted by molar-refractivity contribution is -0.161. The van der Waals surface area contributed by atoms with Gasteiger partial charge < -0.3 is 19.0 Å². The standard InChI is InChI=1S/C17H19FO6/c1-9(19)7-10-8-24-15-11(5-4-6-12(15)18)13(10)14(16(20)22-2)17(21)23-3/h4-6,10,13-14H,7-8H2,1-3H3. The average Bonchev–Trinajstić information content (AvgIpc) is 2.55. The van der Waals surface area contributed by atoms with Crippen LogP contribution >= 0.6 is 0 Å². The molecule has 2 unspecified atom stereocenters. The van der Waals surface area contributed by atoms with Gasteiger partial charge in [0.25, 0.3) is 0 Å². The van der Waals surface area contributed by atoms with Crippen molar-refractivity contribution in [1.82, 2.24) is 0 Å². The van der Waals surface area contributed by atoms with Gasteiger partial charge in [-0.05, 0) is 13.0 Å². The predicted octanol–water partition coefficient (Wildman–Crippen LogP) is 1.86. The minimum Gasteiger partial charge on any atom is -0.490 e. The number of carbonyl (C=O) groups is 3. The molecule has 1 aliphatic heterocycles. The summed E-state index contributed by atoms with van der Waals surface area (Å²) in [4.78, 5) is 36.0. The van der Waals surface area contributed by atoms with Gasteiger partial charge in [0.2, 0.25) is 0 Å². The first-order valence-electron chi connectivity index (χ1n) is 7.47. The maximum absolute atomic E-state index is 14.0. The molecule has 0 aromatic heterocycles. The van der Waals surface area contributed by atoms with Gasteiger partial charge in [-0.1, -0.05) is 12.1 Å². The summed E-state index contributed by atoms with van der Waals surface area (Å²) in [6, 6.07) is 4.27. The minimum atomic E-state index is -1.30. The van der Waals surface area contributed by atoms with E-state index < -0.39 is 35.5 Å². The molecule has 1 aromatic carbocycles. The zero-order chi connectivity index (χ0) is 17.9. The van der Waals surface area contributed by atoms with Crippen molar-refractivity contribution in [1.29, 1.82) is 0 Å². The van der Waals surface area contributed by atoms with Gasteiger partial charge in [-0.2, -0.15) is 0 Å². The fourth-order valence-electron chi connectivity index (χ4n) is 3.14. The van der Waals surface area contributed by atoms with Crippen molar-refractivity contribution in [3.63, 3.8) is 0 Å². The van der Waals surface area contributed by atoms with Crippen LogP contribution < -0.4 is 4.74 Å². The van der Waals surface area contributed by atoms with E-state index in [0.29, 0.717) is 5.56 Å². The van der Waals surface area contributed by atoms with Gasteiger partial charge >= 0.3 is 11.9 Å². The number of para-hydroxylation sites is 1. The summed E-state index contributed by atoms with van der Waals surface area (Å²) in [7, 11) is 2.31. The van der Waals surface area contributed by atoms with Crippen molar-refractivity contribution in [2.24, 2.45) is 11.8 Å². The van der Waals surface area contributed by atoms with Gasteiger partial charge in [0.15, 0.2) is 17.5 Å². The van der Waals surface area contributed by atoms with Crippen molar-refractivity contribution >= 4 is 17.7 Å². The molecule has 1 aliphatic rings. The molecule has 0 saturated carbocycles. The van der Waals surface area contributed by atoms with E-state index in [0.717, 1.165) is 14.2 Å². The molecule has 0 radical (unpaired) electrons. The summed E-state index contributed by atoms with van der Waals surface area (Å²) in [5, 5.41) is 0. The van der Waals surface area contributed by atoms with E-state index in [1.165, 1.54) is 19.1 Å². The number of methoxy groups -OCH3 is 2. The van der Waals surface area contributed by atoms with Crippen LogP contribution in [0.25, 0.3) is 0 Å². The topological polar surface area (TPSA) is 78.9 Å². The molecule has 0 N–H and O–H groups in total. The zero-order valence-electron chi connectivity index (χ0n) is 13.7. The van der Waals surface area contributed by atoms with E-state index >= 15 is 0 Å². The average molecular weight is 338 g/mol. The number of Topliss-reactive ketones (excluding diaryl/α,β-unsaturated/α-hetero) is 1. The van der Waals surface area contributed by atoms with Crippen molar-refractivity contribution in [2.45, 2.75) is 19.3 Å². The largest absolute Gasteiger partial charge is 0.490 e. The van der Waals surface area contributed by atoms with E-state index in [9.17, 15) is 18.8 Å². The summed E-state index contributed by atoms with van der Waals surface area (Å²) >= 11 is 0. The Kier molecular flexibility index (Phi) is 5.54. The van der Waals surface area contributed by atoms with E-state index in [1.54, 1.807) is 6.07 Å². The highest BCUT2D eigenvalue weighted by molar-refractivity contribution is 5.96. The van der Waals surface area contributed by atoms with Gasteiger partial charge in [0.1, 0.15) is 5.78 Å². The van der Waals surface area contributed by atoms with Crippen LogP contribution in [0, 0.1) is 17.7 Å². The molecule has 0 aliphatic carbocycles. The summed E-state index contributed by atoms with van der Waals surface area (Å²) in [5.74, 6) is -4.86. The smallest absolute Gasteiger partial charge is 0.320 e. The summed E-state index contributed by atoms with van der Waals surface area (Å²) in [5.41, 5.74) is 0.355. The van der Waals surface area contributed by atoms with Crippen molar-refractivity contribution in [2.75, 3.05) is 20.8 Å². The lowest BCUT2D eigenvalue weighted by Gasteiger charge is -2.36. The number of hydrogen-bond donors (Lipinski definition) is 0. The molecule has 7 heteroatoms. The molecule has 130 valence electrons. The van der Waals surface area contributed by atoms with Crippen LogP contribution in [-0.2, 0) is 23.9 Å². The van der Waals surface area contributed by atoms with Crippen LogP contribution in [-0.4, -0.2) is 38.5 Å². The molecule has 0 amide bonds. The van der Waals surface area contributed by atoms with E-state index in [2.05, 4.69) is 0 Å². The Morgan fingerprint density at radius 1 is 1.25 bits per heavy atom. The highest BCUT2D eigenvalue weighted by Gasteiger charge is 2.46. The van der Waals surface area contributed by atoms with Crippen LogP contribution in [0.5, 0.6) is 5.75 Å². The van der Waals surface area contributed by atoms with Gasteiger partial charge in [-0.3, -0.25) is 9.59 Å². The van der Waals surface area contributed by atoms with Crippen LogP contribution in [0.15, 0.2) is 18.2 Å². The molecule has 0 spiro atoms. The number of esters is 2. The second-order valence-electron chi connectivity index (χ2n) is 5.69. The summed E-state index contributed by atoms with van der Waals surface area (Å²) in [6.45, 7) is 1.42. The molecule has 0 bridgehead atoms. The summed E-state index contributed by atoms with van der Waals surface area (Å²) in [6.07, 6.45) is 0.0884. The van der Waals surface area contributed by atoms with Gasteiger partial charge in [-0.15, -0.1) is 0 Å². The Morgan fingerprint density at radius 3 is 2.42 bits per heavy atom. The number of carbonyl (C=O) groups excluding carboxylic acids is 3. The number of fused-ring (bicyclic) bond motifs is 1. The van der Waals surface area contributed by atoms with Gasteiger partial charge in [-0.25, -0.2) is 4.39 Å². The second kappa shape index (κ2) is 7.42. The molecular formula is C17H19FO6. The Labute approximate surface area is 138 Å². The molecule has 0 fully saturated rings. The van der Waals surface area contributed by atoms with Crippen LogP contribution in [0.3, 0.4) is 0 Å². The van der Waals surface area contributed by atoms with Crippen LogP contribution in [0.4, 0.5) is 4.39 Å². The van der Waals surface area contributed by atoms with Crippen molar-refractivity contribution < 1.29 is 33.0 Å². The number of benzene rings is 1. The maximum atomic E-state index is 14.0. The fourth-order valence-corrected chi connectivity index (χ4v) is 3.14. The quantitative estimate of drug-likeness (QED) is 0.602.